The molecule has 0 aromatic heterocycles. The van der Waals surface area contributed by atoms with Gasteiger partial charge in [0.05, 0.1) is 31.8 Å². The second-order valence-electron chi connectivity index (χ2n) is 9.88. The molecule has 1 aromatic carbocycles. The Hall–Kier alpha value is -2.67. The third-order valence-corrected chi connectivity index (χ3v) is 6.78. The summed E-state index contributed by atoms with van der Waals surface area (Å²) in [5.41, 5.74) is 2.42. The minimum absolute atomic E-state index is 0.0800. The zero-order valence-corrected chi connectivity index (χ0v) is 20.1. The zero-order chi connectivity index (χ0) is 23.8. The summed E-state index contributed by atoms with van der Waals surface area (Å²) >= 11 is 0. The highest BCUT2D eigenvalue weighted by Gasteiger charge is 2.48. The normalized spacial score (nSPS) is 26.5. The number of carbonyl (C=O) groups is 2. The van der Waals surface area contributed by atoms with Crippen LogP contribution in [0.1, 0.15) is 57.9 Å². The van der Waals surface area contributed by atoms with Crippen LogP contribution in [-0.2, 0) is 19.1 Å². The summed E-state index contributed by atoms with van der Waals surface area (Å²) in [6.07, 6.45) is 2.90. The Kier molecular flexibility index (Phi) is 6.61. The summed E-state index contributed by atoms with van der Waals surface area (Å²) in [6.45, 7) is 6.87. The van der Waals surface area contributed by atoms with Gasteiger partial charge in [-0.25, -0.2) is 4.79 Å². The molecule has 0 unspecified atom stereocenters. The van der Waals surface area contributed by atoms with Crippen LogP contribution in [0.15, 0.2) is 34.5 Å². The first-order valence-corrected chi connectivity index (χ1v) is 11.6. The van der Waals surface area contributed by atoms with Gasteiger partial charge in [-0.1, -0.05) is 19.9 Å². The average Bonchev–Trinajstić information content (AvgIpc) is 3.29. The monoisotopic (exact) mass is 455 g/mol. The number of benzene rings is 1. The van der Waals surface area contributed by atoms with Crippen LogP contribution in [0.5, 0.6) is 11.5 Å². The van der Waals surface area contributed by atoms with Crippen LogP contribution in [0.3, 0.4) is 0 Å². The summed E-state index contributed by atoms with van der Waals surface area (Å²) in [5, 5.41) is 0. The molecule has 0 amide bonds. The summed E-state index contributed by atoms with van der Waals surface area (Å²) in [5.74, 6) is -0.209. The molecule has 7 nitrogen and oxygen atoms in total. The van der Waals surface area contributed by atoms with Crippen molar-refractivity contribution in [1.82, 2.24) is 0 Å². The van der Waals surface area contributed by atoms with Gasteiger partial charge < -0.3 is 18.9 Å². The predicted octanol–water partition coefficient (Wildman–Crippen LogP) is 4.24. The maximum Gasteiger partial charge on any atom is 0.336 e. The maximum atomic E-state index is 13.5. The maximum absolute atomic E-state index is 13.5. The molecule has 1 aliphatic carbocycles. The standard InChI is InChI=1S/C26H33NO6/c1-15-22(25(29)33-14-17-7-6-10-32-17)23(18-9-8-16(30-4)11-21(18)31-5)24-19(27-15)12-26(2,3)13-20(24)28/h8-9,11,17,23-24H,6-7,10,12-14H2,1-5H3/t17-,23-,24+/m0/s1. The Bertz CT molecular complexity index is 1000. The Balaban J connectivity index is 1.78. The molecule has 0 bridgehead atoms. The molecule has 1 saturated heterocycles. The van der Waals surface area contributed by atoms with Gasteiger partial charge in [0.15, 0.2) is 0 Å². The lowest BCUT2D eigenvalue weighted by Gasteiger charge is -2.41. The van der Waals surface area contributed by atoms with Gasteiger partial charge in [-0.15, -0.1) is 0 Å². The lowest BCUT2D eigenvalue weighted by atomic mass is 9.63. The lowest BCUT2D eigenvalue weighted by molar-refractivity contribution is -0.142. The molecule has 2 fully saturated rings. The minimum atomic E-state index is -0.529. The van der Waals surface area contributed by atoms with Gasteiger partial charge in [-0.3, -0.25) is 9.79 Å². The van der Waals surface area contributed by atoms with E-state index in [-0.39, 0.29) is 23.9 Å². The molecule has 178 valence electrons. The van der Waals surface area contributed by atoms with E-state index in [0.717, 1.165) is 24.1 Å². The van der Waals surface area contributed by atoms with E-state index in [1.165, 1.54) is 0 Å². The smallest absolute Gasteiger partial charge is 0.336 e. The number of allylic oxidation sites excluding steroid dienone is 1. The van der Waals surface area contributed by atoms with Gasteiger partial charge in [0.25, 0.3) is 0 Å². The molecule has 0 spiro atoms. The van der Waals surface area contributed by atoms with Crippen LogP contribution in [0.2, 0.25) is 0 Å². The van der Waals surface area contributed by atoms with Crippen molar-refractivity contribution in [1.29, 1.82) is 0 Å². The van der Waals surface area contributed by atoms with Crippen LogP contribution in [-0.4, -0.2) is 51.0 Å². The Morgan fingerprint density at radius 3 is 2.64 bits per heavy atom. The van der Waals surface area contributed by atoms with E-state index in [1.807, 2.05) is 19.1 Å². The SMILES string of the molecule is COc1ccc([C@H]2C(C(=O)OC[C@@H]3CCCO3)=C(C)N=C3CC(C)(C)CC(=O)[C@@H]32)c(OC)c1. The molecule has 0 N–H and O–H groups in total. The largest absolute Gasteiger partial charge is 0.497 e. The number of carbonyl (C=O) groups excluding carboxylic acids is 2. The van der Waals surface area contributed by atoms with Crippen molar-refractivity contribution >= 4 is 17.5 Å². The number of fused-ring (bicyclic) bond motifs is 1. The fourth-order valence-corrected chi connectivity index (χ4v) is 5.29. The second kappa shape index (κ2) is 9.29. The van der Waals surface area contributed by atoms with E-state index in [0.29, 0.717) is 42.2 Å². The van der Waals surface area contributed by atoms with Crippen molar-refractivity contribution in [3.8, 4) is 11.5 Å². The molecule has 0 radical (unpaired) electrons. The van der Waals surface area contributed by atoms with Crippen LogP contribution in [0.25, 0.3) is 0 Å². The van der Waals surface area contributed by atoms with E-state index < -0.39 is 17.8 Å². The third-order valence-electron chi connectivity index (χ3n) is 6.78. The minimum Gasteiger partial charge on any atom is -0.497 e. The van der Waals surface area contributed by atoms with Crippen molar-refractivity contribution in [2.75, 3.05) is 27.4 Å². The summed E-state index contributed by atoms with van der Waals surface area (Å²) < 4.78 is 22.3. The third kappa shape index (κ3) is 4.69. The number of methoxy groups -OCH3 is 2. The van der Waals surface area contributed by atoms with Crippen molar-refractivity contribution in [2.45, 2.75) is 58.5 Å². The van der Waals surface area contributed by atoms with Crippen LogP contribution in [0, 0.1) is 11.3 Å². The quantitative estimate of drug-likeness (QED) is 0.597. The number of hydrogen-bond donors (Lipinski definition) is 0. The first-order valence-electron chi connectivity index (χ1n) is 11.6. The molecule has 4 rings (SSSR count). The van der Waals surface area contributed by atoms with Crippen molar-refractivity contribution in [3.05, 3.63) is 35.0 Å². The Morgan fingerprint density at radius 2 is 1.97 bits per heavy atom. The van der Waals surface area contributed by atoms with Crippen molar-refractivity contribution < 1.29 is 28.5 Å². The van der Waals surface area contributed by atoms with E-state index in [9.17, 15) is 9.59 Å². The molecule has 7 heteroatoms. The fourth-order valence-electron chi connectivity index (χ4n) is 5.29. The molecule has 2 heterocycles. The highest BCUT2D eigenvalue weighted by atomic mass is 16.6. The molecule has 1 saturated carbocycles. The van der Waals surface area contributed by atoms with Gasteiger partial charge in [0.1, 0.15) is 23.9 Å². The average molecular weight is 456 g/mol. The first-order chi connectivity index (χ1) is 15.7. The number of Topliss-reactive ketones (excluding diaryl/α,β-unsaturated/α-hetero) is 1. The topological polar surface area (TPSA) is 83.4 Å². The highest BCUT2D eigenvalue weighted by Crippen LogP contribution is 2.49. The van der Waals surface area contributed by atoms with E-state index in [2.05, 4.69) is 13.8 Å². The van der Waals surface area contributed by atoms with E-state index in [1.54, 1.807) is 20.3 Å². The van der Waals surface area contributed by atoms with Crippen LogP contribution < -0.4 is 9.47 Å². The van der Waals surface area contributed by atoms with Crippen LogP contribution in [0.4, 0.5) is 0 Å². The number of aliphatic imine (C=N–C) groups is 1. The molecule has 33 heavy (non-hydrogen) atoms. The predicted molar refractivity (Wildman–Crippen MR) is 124 cm³/mol. The van der Waals surface area contributed by atoms with E-state index >= 15 is 0 Å². The van der Waals surface area contributed by atoms with Gasteiger partial charge >= 0.3 is 5.97 Å². The Morgan fingerprint density at radius 1 is 1.18 bits per heavy atom. The molecule has 3 atom stereocenters. The first kappa shape index (κ1) is 23.5. The molecular formula is C26H33NO6. The summed E-state index contributed by atoms with van der Waals surface area (Å²) in [7, 11) is 3.17. The highest BCUT2D eigenvalue weighted by molar-refractivity contribution is 6.12. The number of esters is 1. The second-order valence-corrected chi connectivity index (χ2v) is 9.88. The number of nitrogens with zero attached hydrogens (tertiary/aromatic N) is 1. The van der Waals surface area contributed by atoms with Crippen molar-refractivity contribution in [3.63, 3.8) is 0 Å². The number of ether oxygens (including phenoxy) is 4. The van der Waals surface area contributed by atoms with Gasteiger partial charge in [0.2, 0.25) is 0 Å². The fraction of sp³-hybridized carbons (Fsp3) is 0.577. The zero-order valence-electron chi connectivity index (χ0n) is 20.1. The molecular weight excluding hydrogens is 422 g/mol. The van der Waals surface area contributed by atoms with E-state index in [4.69, 9.17) is 23.9 Å². The summed E-state index contributed by atoms with van der Waals surface area (Å²) in [6, 6.07) is 5.48. The number of rotatable bonds is 6. The molecule has 2 aliphatic heterocycles. The number of ketones is 1. The molecule has 1 aromatic rings. The van der Waals surface area contributed by atoms with Crippen LogP contribution >= 0.6 is 0 Å². The number of hydrogen-bond acceptors (Lipinski definition) is 7. The van der Waals surface area contributed by atoms with Gasteiger partial charge in [-0.2, -0.15) is 0 Å². The van der Waals surface area contributed by atoms with Crippen molar-refractivity contribution in [2.24, 2.45) is 16.3 Å². The lowest BCUT2D eigenvalue weighted by Crippen LogP contribution is -2.44. The van der Waals surface area contributed by atoms with Gasteiger partial charge in [-0.05, 0) is 37.7 Å². The molecule has 3 aliphatic rings. The Labute approximate surface area is 195 Å². The van der Waals surface area contributed by atoms with Gasteiger partial charge in [0, 0.05) is 42.0 Å². The summed E-state index contributed by atoms with van der Waals surface area (Å²) in [4.78, 5) is 31.6.